The van der Waals surface area contributed by atoms with Gasteiger partial charge in [0.1, 0.15) is 10.6 Å². The Kier molecular flexibility index (Phi) is 4.84. The van der Waals surface area contributed by atoms with Gasteiger partial charge in [-0.05, 0) is 19.1 Å². The summed E-state index contributed by atoms with van der Waals surface area (Å²) in [6.45, 7) is 1.82. The lowest BCUT2D eigenvalue weighted by Crippen LogP contribution is -2.36. The van der Waals surface area contributed by atoms with Gasteiger partial charge in [-0.3, -0.25) is 9.00 Å². The van der Waals surface area contributed by atoms with E-state index in [0.717, 1.165) is 10.1 Å². The summed E-state index contributed by atoms with van der Waals surface area (Å²) in [5.41, 5.74) is 6.53. The highest BCUT2D eigenvalue weighted by Crippen LogP contribution is 2.39. The van der Waals surface area contributed by atoms with Crippen molar-refractivity contribution in [2.45, 2.75) is 13.0 Å². The van der Waals surface area contributed by atoms with Crippen molar-refractivity contribution in [3.8, 4) is 5.75 Å². The highest BCUT2D eigenvalue weighted by molar-refractivity contribution is 7.84. The number of carbonyl (C=O) groups is 1. The number of thiophene rings is 1. The molecule has 0 aliphatic carbocycles. The smallest absolute Gasteiger partial charge is 0.263 e. The molecule has 114 valence electrons. The number of nitrogen functional groups attached to an aromatic ring is 1. The first-order valence-corrected chi connectivity index (χ1v) is 8.94. The third kappa shape index (κ3) is 3.36. The second kappa shape index (κ2) is 6.44. The fourth-order valence-electron chi connectivity index (χ4n) is 2.16. The molecule has 3 N–H and O–H groups in total. The first-order chi connectivity index (χ1) is 9.93. The Hall–Kier alpha value is -1.60. The molecule has 1 aromatic carbocycles. The average Bonchev–Trinajstić information content (AvgIpc) is 2.75. The van der Waals surface area contributed by atoms with E-state index in [1.54, 1.807) is 13.4 Å². The maximum Gasteiger partial charge on any atom is 0.263 e. The largest absolute Gasteiger partial charge is 0.496 e. The van der Waals surface area contributed by atoms with Gasteiger partial charge in [0.15, 0.2) is 0 Å². The fourth-order valence-corrected chi connectivity index (χ4v) is 3.99. The zero-order valence-corrected chi connectivity index (χ0v) is 13.8. The second-order valence-corrected chi connectivity index (χ2v) is 7.32. The maximum absolute atomic E-state index is 12.3. The van der Waals surface area contributed by atoms with Gasteiger partial charge >= 0.3 is 0 Å². The summed E-state index contributed by atoms with van der Waals surface area (Å²) in [5.74, 6) is 0.830. The van der Waals surface area contributed by atoms with Gasteiger partial charge in [-0.15, -0.1) is 11.3 Å². The molecule has 0 saturated carbocycles. The number of hydrogen-bond acceptors (Lipinski definition) is 5. The molecule has 0 aliphatic heterocycles. The van der Waals surface area contributed by atoms with E-state index in [-0.39, 0.29) is 11.9 Å². The Morgan fingerprint density at radius 3 is 2.86 bits per heavy atom. The fraction of sp³-hybridized carbons (Fsp3) is 0.357. The van der Waals surface area contributed by atoms with Gasteiger partial charge in [0.05, 0.1) is 18.2 Å². The van der Waals surface area contributed by atoms with E-state index < -0.39 is 10.8 Å². The van der Waals surface area contributed by atoms with Gasteiger partial charge in [0, 0.05) is 33.5 Å². The number of ether oxygens (including phenoxy) is 1. The first-order valence-electron chi connectivity index (χ1n) is 6.40. The van der Waals surface area contributed by atoms with Crippen molar-refractivity contribution < 1.29 is 13.7 Å². The molecule has 0 spiro atoms. The topological polar surface area (TPSA) is 81.4 Å². The van der Waals surface area contributed by atoms with Gasteiger partial charge in [-0.2, -0.15) is 0 Å². The number of fused-ring (bicyclic) bond motifs is 1. The van der Waals surface area contributed by atoms with Gasteiger partial charge in [-0.25, -0.2) is 0 Å². The van der Waals surface area contributed by atoms with Crippen molar-refractivity contribution in [1.29, 1.82) is 0 Å². The summed E-state index contributed by atoms with van der Waals surface area (Å²) in [4.78, 5) is 12.8. The minimum atomic E-state index is -0.956. The van der Waals surface area contributed by atoms with Crippen LogP contribution in [-0.2, 0) is 10.8 Å². The number of carbonyl (C=O) groups excluding carboxylic acids is 1. The van der Waals surface area contributed by atoms with E-state index in [0.29, 0.717) is 22.1 Å². The molecule has 0 fully saturated rings. The quantitative estimate of drug-likeness (QED) is 0.880. The summed E-state index contributed by atoms with van der Waals surface area (Å²) in [7, 11) is 0.617. The van der Waals surface area contributed by atoms with E-state index in [9.17, 15) is 9.00 Å². The second-order valence-electron chi connectivity index (χ2n) is 4.79. The van der Waals surface area contributed by atoms with Crippen LogP contribution in [0.2, 0.25) is 0 Å². The predicted octanol–water partition coefficient (Wildman–Crippen LogP) is 1.99. The number of anilines is 1. The van der Waals surface area contributed by atoms with Crippen molar-refractivity contribution in [3.05, 3.63) is 23.1 Å². The Morgan fingerprint density at radius 1 is 1.52 bits per heavy atom. The van der Waals surface area contributed by atoms with Crippen LogP contribution in [0.1, 0.15) is 16.6 Å². The molecule has 2 rings (SSSR count). The van der Waals surface area contributed by atoms with Crippen LogP contribution in [0.25, 0.3) is 10.1 Å². The van der Waals surface area contributed by atoms with Crippen molar-refractivity contribution in [2.24, 2.45) is 0 Å². The van der Waals surface area contributed by atoms with Gasteiger partial charge in [0.25, 0.3) is 5.91 Å². The molecule has 2 aromatic rings. The molecule has 2 atom stereocenters. The number of rotatable bonds is 5. The Labute approximate surface area is 129 Å². The van der Waals surface area contributed by atoms with Crippen LogP contribution < -0.4 is 15.8 Å². The molecule has 5 nitrogen and oxygen atoms in total. The van der Waals surface area contributed by atoms with Gasteiger partial charge in [-0.1, -0.05) is 6.07 Å². The summed E-state index contributed by atoms with van der Waals surface area (Å²) in [6.07, 6.45) is 1.61. The molecular formula is C14H18N2O3S2. The lowest BCUT2D eigenvalue weighted by molar-refractivity contribution is 0.0948. The summed E-state index contributed by atoms with van der Waals surface area (Å²) >= 11 is 1.33. The van der Waals surface area contributed by atoms with E-state index in [2.05, 4.69) is 5.32 Å². The molecular weight excluding hydrogens is 308 g/mol. The SMILES string of the molecule is COc1cccc2sc(C(=O)NC(C)CS(C)=O)c(N)c12. The van der Waals surface area contributed by atoms with Crippen LogP contribution in [0.4, 0.5) is 5.69 Å². The highest BCUT2D eigenvalue weighted by atomic mass is 32.2. The highest BCUT2D eigenvalue weighted by Gasteiger charge is 2.20. The van der Waals surface area contributed by atoms with Crippen molar-refractivity contribution in [1.82, 2.24) is 5.32 Å². The van der Waals surface area contributed by atoms with E-state index in [1.165, 1.54) is 11.3 Å². The lowest BCUT2D eigenvalue weighted by Gasteiger charge is -2.11. The van der Waals surface area contributed by atoms with Gasteiger partial charge < -0.3 is 15.8 Å². The van der Waals surface area contributed by atoms with Crippen molar-refractivity contribution in [2.75, 3.05) is 24.9 Å². The predicted molar refractivity (Wildman–Crippen MR) is 88.7 cm³/mol. The monoisotopic (exact) mass is 326 g/mol. The standard InChI is InChI=1S/C14H18N2O3S2/c1-8(7-21(3)18)16-14(17)13-12(15)11-9(19-2)5-4-6-10(11)20-13/h4-6,8H,7,15H2,1-3H3,(H,16,17). The van der Waals surface area contributed by atoms with E-state index in [1.807, 2.05) is 25.1 Å². The minimum absolute atomic E-state index is 0.171. The number of benzene rings is 1. The van der Waals surface area contributed by atoms with Crippen LogP contribution in [0.5, 0.6) is 5.75 Å². The maximum atomic E-state index is 12.3. The Morgan fingerprint density at radius 2 is 2.24 bits per heavy atom. The minimum Gasteiger partial charge on any atom is -0.496 e. The van der Waals surface area contributed by atoms with E-state index >= 15 is 0 Å². The molecule has 0 aliphatic rings. The van der Waals surface area contributed by atoms with Crippen LogP contribution in [-0.4, -0.2) is 35.3 Å². The molecule has 21 heavy (non-hydrogen) atoms. The third-order valence-electron chi connectivity index (χ3n) is 3.00. The zero-order valence-electron chi connectivity index (χ0n) is 12.1. The van der Waals surface area contributed by atoms with Crippen LogP contribution >= 0.6 is 11.3 Å². The Bertz CT molecular complexity index is 697. The van der Waals surface area contributed by atoms with Gasteiger partial charge in [0.2, 0.25) is 0 Å². The first kappa shape index (κ1) is 15.8. The summed E-state index contributed by atoms with van der Waals surface area (Å²) in [5, 5.41) is 3.59. The molecule has 0 bridgehead atoms. The number of nitrogens with two attached hydrogens (primary N) is 1. The molecule has 1 amide bonds. The molecule has 7 heteroatoms. The van der Waals surface area contributed by atoms with Crippen molar-refractivity contribution in [3.63, 3.8) is 0 Å². The van der Waals surface area contributed by atoms with E-state index in [4.69, 9.17) is 10.5 Å². The molecule has 1 aromatic heterocycles. The van der Waals surface area contributed by atoms with Crippen LogP contribution in [0.15, 0.2) is 18.2 Å². The average molecular weight is 326 g/mol. The number of amides is 1. The summed E-state index contributed by atoms with van der Waals surface area (Å²) in [6, 6.07) is 5.41. The Balaban J connectivity index is 2.32. The summed E-state index contributed by atoms with van der Waals surface area (Å²) < 4.78 is 17.4. The lowest BCUT2D eigenvalue weighted by atomic mass is 10.2. The molecule has 0 radical (unpaired) electrons. The number of hydrogen-bond donors (Lipinski definition) is 2. The third-order valence-corrected chi connectivity index (χ3v) is 5.14. The zero-order chi connectivity index (χ0) is 15.6. The van der Waals surface area contributed by atoms with Crippen molar-refractivity contribution >= 4 is 43.8 Å². The molecule has 1 heterocycles. The molecule has 0 saturated heterocycles. The normalized spacial score (nSPS) is 13.9. The molecule has 2 unspecified atom stereocenters. The van der Waals surface area contributed by atoms with Crippen LogP contribution in [0.3, 0.4) is 0 Å². The number of methoxy groups -OCH3 is 1. The van der Waals surface area contributed by atoms with Crippen LogP contribution in [0, 0.1) is 0 Å². The number of nitrogens with one attached hydrogen (secondary N) is 1.